The van der Waals surface area contributed by atoms with Gasteiger partial charge in [-0.2, -0.15) is 0 Å². The molecule has 0 fully saturated rings. The minimum atomic E-state index is -0.123. The van der Waals surface area contributed by atoms with Crippen molar-refractivity contribution in [2.45, 2.75) is 11.8 Å². The Hall–Kier alpha value is -1.98. The van der Waals surface area contributed by atoms with Crippen LogP contribution in [0.25, 0.3) is 0 Å². The number of halogens is 1. The van der Waals surface area contributed by atoms with Gasteiger partial charge < -0.3 is 10.6 Å². The third-order valence-electron chi connectivity index (χ3n) is 2.65. The van der Waals surface area contributed by atoms with Crippen LogP contribution in [-0.4, -0.2) is 17.6 Å². The first-order chi connectivity index (χ1) is 10.5. The molecule has 0 bridgehead atoms. The second-order valence-corrected chi connectivity index (χ2v) is 6.04. The van der Waals surface area contributed by atoms with Crippen molar-refractivity contribution in [3.63, 3.8) is 0 Å². The maximum atomic E-state index is 11.9. The molecule has 6 heteroatoms. The fourth-order valence-electron chi connectivity index (χ4n) is 1.75. The Kier molecular flexibility index (Phi) is 5.86. The fraction of sp³-hybridized carbons (Fsp3) is 0.125. The molecule has 0 aliphatic rings. The van der Waals surface area contributed by atoms with Gasteiger partial charge in [-0.3, -0.25) is 9.59 Å². The summed E-state index contributed by atoms with van der Waals surface area (Å²) in [6.45, 7) is 1.46. The highest BCUT2D eigenvalue weighted by molar-refractivity contribution is 8.00. The fourth-order valence-corrected chi connectivity index (χ4v) is 2.63. The number of hydrogen-bond acceptors (Lipinski definition) is 3. The SMILES string of the molecule is CC(=O)Nc1cccc(SCC(=O)Nc2ccc(Cl)cc2)c1. The Labute approximate surface area is 138 Å². The zero-order valence-electron chi connectivity index (χ0n) is 11.9. The van der Waals surface area contributed by atoms with Gasteiger partial charge in [0.15, 0.2) is 0 Å². The number of benzene rings is 2. The molecule has 22 heavy (non-hydrogen) atoms. The van der Waals surface area contributed by atoms with Crippen molar-refractivity contribution in [3.8, 4) is 0 Å². The summed E-state index contributed by atoms with van der Waals surface area (Å²) in [6.07, 6.45) is 0. The molecule has 2 aromatic rings. The van der Waals surface area contributed by atoms with Crippen molar-refractivity contribution in [2.24, 2.45) is 0 Å². The molecule has 2 aromatic carbocycles. The minimum Gasteiger partial charge on any atom is -0.326 e. The second kappa shape index (κ2) is 7.87. The number of thioether (sulfide) groups is 1. The zero-order valence-corrected chi connectivity index (χ0v) is 13.5. The Morgan fingerprint density at radius 3 is 2.45 bits per heavy atom. The van der Waals surface area contributed by atoms with E-state index in [0.29, 0.717) is 10.7 Å². The molecule has 0 aliphatic heterocycles. The van der Waals surface area contributed by atoms with Gasteiger partial charge in [0.25, 0.3) is 0 Å². The molecule has 2 rings (SSSR count). The monoisotopic (exact) mass is 334 g/mol. The summed E-state index contributed by atoms with van der Waals surface area (Å²) >= 11 is 7.20. The highest BCUT2D eigenvalue weighted by Crippen LogP contribution is 2.22. The van der Waals surface area contributed by atoms with Crippen LogP contribution in [-0.2, 0) is 9.59 Å². The normalized spacial score (nSPS) is 10.1. The smallest absolute Gasteiger partial charge is 0.234 e. The van der Waals surface area contributed by atoms with E-state index >= 15 is 0 Å². The topological polar surface area (TPSA) is 58.2 Å². The zero-order chi connectivity index (χ0) is 15.9. The largest absolute Gasteiger partial charge is 0.326 e. The van der Waals surface area contributed by atoms with E-state index in [2.05, 4.69) is 10.6 Å². The van der Waals surface area contributed by atoms with E-state index < -0.39 is 0 Å². The Morgan fingerprint density at radius 2 is 1.77 bits per heavy atom. The van der Waals surface area contributed by atoms with Crippen LogP contribution >= 0.6 is 23.4 Å². The number of carbonyl (C=O) groups excluding carboxylic acids is 2. The van der Waals surface area contributed by atoms with Crippen LogP contribution in [0, 0.1) is 0 Å². The van der Waals surface area contributed by atoms with E-state index in [1.165, 1.54) is 18.7 Å². The van der Waals surface area contributed by atoms with Crippen molar-refractivity contribution >= 4 is 46.6 Å². The standard InChI is InChI=1S/C16H15ClN2O2S/c1-11(20)18-14-3-2-4-15(9-14)22-10-16(21)19-13-7-5-12(17)6-8-13/h2-9H,10H2,1H3,(H,18,20)(H,19,21). The number of hydrogen-bond donors (Lipinski definition) is 2. The molecular formula is C16H15ClN2O2S. The molecule has 0 saturated carbocycles. The molecule has 0 aliphatic carbocycles. The number of anilines is 2. The third-order valence-corrected chi connectivity index (χ3v) is 3.90. The highest BCUT2D eigenvalue weighted by atomic mass is 35.5. The molecule has 2 N–H and O–H groups in total. The van der Waals surface area contributed by atoms with Gasteiger partial charge in [0, 0.05) is 28.2 Å². The predicted octanol–water partition coefficient (Wildman–Crippen LogP) is 4.03. The number of carbonyl (C=O) groups is 2. The second-order valence-electron chi connectivity index (χ2n) is 4.55. The van der Waals surface area contributed by atoms with Gasteiger partial charge in [-0.25, -0.2) is 0 Å². The van der Waals surface area contributed by atoms with Crippen LogP contribution < -0.4 is 10.6 Å². The van der Waals surface area contributed by atoms with Crippen molar-refractivity contribution in [2.75, 3.05) is 16.4 Å². The predicted molar refractivity (Wildman–Crippen MR) is 91.6 cm³/mol. The van der Waals surface area contributed by atoms with E-state index in [1.807, 2.05) is 18.2 Å². The molecular weight excluding hydrogens is 320 g/mol. The molecule has 0 radical (unpaired) electrons. The van der Waals surface area contributed by atoms with Crippen LogP contribution in [0.1, 0.15) is 6.92 Å². The molecule has 0 spiro atoms. The first-order valence-corrected chi connectivity index (χ1v) is 7.95. The van der Waals surface area contributed by atoms with Crippen LogP contribution in [0.3, 0.4) is 0 Å². The number of rotatable bonds is 5. The number of nitrogens with one attached hydrogen (secondary N) is 2. The molecule has 114 valence electrons. The lowest BCUT2D eigenvalue weighted by Gasteiger charge is -2.07. The Morgan fingerprint density at radius 1 is 1.05 bits per heavy atom. The van der Waals surface area contributed by atoms with Crippen molar-refractivity contribution in [1.29, 1.82) is 0 Å². The lowest BCUT2D eigenvalue weighted by Crippen LogP contribution is -2.13. The summed E-state index contributed by atoms with van der Waals surface area (Å²) in [5, 5.41) is 6.14. The van der Waals surface area contributed by atoms with Gasteiger partial charge >= 0.3 is 0 Å². The van der Waals surface area contributed by atoms with E-state index in [9.17, 15) is 9.59 Å². The van der Waals surface area contributed by atoms with Gasteiger partial charge in [-0.1, -0.05) is 17.7 Å². The summed E-state index contributed by atoms with van der Waals surface area (Å²) in [4.78, 5) is 23.8. The lowest BCUT2D eigenvalue weighted by atomic mass is 10.3. The van der Waals surface area contributed by atoms with E-state index in [-0.39, 0.29) is 17.6 Å². The third kappa shape index (κ3) is 5.42. The molecule has 0 saturated heterocycles. The maximum Gasteiger partial charge on any atom is 0.234 e. The van der Waals surface area contributed by atoms with Crippen molar-refractivity contribution in [1.82, 2.24) is 0 Å². The van der Waals surface area contributed by atoms with Gasteiger partial charge in [0.05, 0.1) is 5.75 Å². The van der Waals surface area contributed by atoms with Gasteiger partial charge in [-0.15, -0.1) is 11.8 Å². The molecule has 0 unspecified atom stereocenters. The van der Waals surface area contributed by atoms with E-state index in [0.717, 1.165) is 10.6 Å². The highest BCUT2D eigenvalue weighted by Gasteiger charge is 2.05. The first-order valence-electron chi connectivity index (χ1n) is 6.59. The van der Waals surface area contributed by atoms with Crippen molar-refractivity contribution < 1.29 is 9.59 Å². The quantitative estimate of drug-likeness (QED) is 0.812. The van der Waals surface area contributed by atoms with Crippen molar-refractivity contribution in [3.05, 3.63) is 53.6 Å². The molecule has 0 heterocycles. The minimum absolute atomic E-state index is 0.0998. The summed E-state index contributed by atoms with van der Waals surface area (Å²) in [5.74, 6) is 0.0616. The average molecular weight is 335 g/mol. The van der Waals surface area contributed by atoms with E-state index in [4.69, 9.17) is 11.6 Å². The van der Waals surface area contributed by atoms with E-state index in [1.54, 1.807) is 30.3 Å². The molecule has 0 atom stereocenters. The summed E-state index contributed by atoms with van der Waals surface area (Å²) in [5.41, 5.74) is 1.43. The maximum absolute atomic E-state index is 11.9. The lowest BCUT2D eigenvalue weighted by molar-refractivity contribution is -0.114. The van der Waals surface area contributed by atoms with Crippen LogP contribution in [0.15, 0.2) is 53.4 Å². The molecule has 2 amide bonds. The first kappa shape index (κ1) is 16.4. The summed E-state index contributed by atoms with van der Waals surface area (Å²) in [7, 11) is 0. The van der Waals surface area contributed by atoms with Gasteiger partial charge in [-0.05, 0) is 42.5 Å². The molecule has 4 nitrogen and oxygen atoms in total. The van der Waals surface area contributed by atoms with Crippen LogP contribution in [0.4, 0.5) is 11.4 Å². The van der Waals surface area contributed by atoms with Gasteiger partial charge in [0.1, 0.15) is 0 Å². The Bertz CT molecular complexity index is 674. The number of amides is 2. The Balaban J connectivity index is 1.88. The average Bonchev–Trinajstić information content (AvgIpc) is 2.47. The molecule has 0 aromatic heterocycles. The summed E-state index contributed by atoms with van der Waals surface area (Å²) in [6, 6.07) is 14.3. The summed E-state index contributed by atoms with van der Waals surface area (Å²) < 4.78 is 0. The van der Waals surface area contributed by atoms with Crippen LogP contribution in [0.5, 0.6) is 0 Å². The van der Waals surface area contributed by atoms with Crippen LogP contribution in [0.2, 0.25) is 5.02 Å². The van der Waals surface area contributed by atoms with Gasteiger partial charge in [0.2, 0.25) is 11.8 Å².